The van der Waals surface area contributed by atoms with Crippen molar-refractivity contribution in [2.45, 2.75) is 12.8 Å². The van der Waals surface area contributed by atoms with Crippen LogP contribution in [0.5, 0.6) is 11.5 Å². The number of nitriles is 1. The van der Waals surface area contributed by atoms with Gasteiger partial charge in [0.2, 0.25) is 5.88 Å². The van der Waals surface area contributed by atoms with Crippen molar-refractivity contribution < 1.29 is 14.7 Å². The van der Waals surface area contributed by atoms with Crippen LogP contribution in [0.25, 0.3) is 0 Å². The van der Waals surface area contributed by atoms with Gasteiger partial charge in [-0.05, 0) is 40.5 Å². The molecule has 7 nitrogen and oxygen atoms in total. The molecule has 1 aromatic carbocycles. The number of nitrogens with zero attached hydrogens (tertiary/aromatic N) is 2. The molecule has 128 valence electrons. The highest BCUT2D eigenvalue weighted by Crippen LogP contribution is 2.42. The summed E-state index contributed by atoms with van der Waals surface area (Å²) in [5.74, 6) is 0.0000873. The number of hydrogen-bond acceptors (Lipinski definition) is 6. The quantitative estimate of drug-likeness (QED) is 0.744. The summed E-state index contributed by atoms with van der Waals surface area (Å²) >= 11 is 3.40. The van der Waals surface area contributed by atoms with Gasteiger partial charge in [0.05, 0.1) is 28.8 Å². The van der Waals surface area contributed by atoms with Gasteiger partial charge in [-0.1, -0.05) is 6.07 Å². The van der Waals surface area contributed by atoms with Gasteiger partial charge >= 0.3 is 0 Å². The second-order valence-corrected chi connectivity index (χ2v) is 6.35. The zero-order valence-electron chi connectivity index (χ0n) is 13.4. The van der Waals surface area contributed by atoms with Crippen molar-refractivity contribution in [1.29, 1.82) is 5.26 Å². The highest BCUT2D eigenvalue weighted by molar-refractivity contribution is 9.10. The topological polar surface area (TPSA) is 110 Å². The Balaban J connectivity index is 2.32. The van der Waals surface area contributed by atoms with Gasteiger partial charge in [-0.25, -0.2) is 0 Å². The Morgan fingerprint density at radius 2 is 2.16 bits per heavy atom. The maximum Gasteiger partial charge on any atom is 0.291 e. The second kappa shape index (κ2) is 6.18. The highest BCUT2D eigenvalue weighted by Gasteiger charge is 2.34. The van der Waals surface area contributed by atoms with Gasteiger partial charge in [0.15, 0.2) is 0 Å². The lowest BCUT2D eigenvalue weighted by Gasteiger charge is -2.26. The Bertz CT molecular complexity index is 1000. The number of benzene rings is 1. The van der Waals surface area contributed by atoms with E-state index in [0.717, 1.165) is 0 Å². The first kappa shape index (κ1) is 16.9. The fraction of sp³-hybridized carbons (Fsp3) is 0.176. The monoisotopic (exact) mass is 403 g/mol. The van der Waals surface area contributed by atoms with Crippen molar-refractivity contribution in [3.8, 4) is 17.6 Å². The second-order valence-electron chi connectivity index (χ2n) is 5.50. The minimum atomic E-state index is -0.762. The van der Waals surface area contributed by atoms with Crippen LogP contribution in [-0.2, 0) is 0 Å². The van der Waals surface area contributed by atoms with Gasteiger partial charge in [-0.15, -0.1) is 0 Å². The van der Waals surface area contributed by atoms with E-state index in [0.29, 0.717) is 26.2 Å². The molecule has 1 aliphatic rings. The molecule has 1 atom stereocenters. The summed E-state index contributed by atoms with van der Waals surface area (Å²) in [7, 11) is 1.54. The zero-order chi connectivity index (χ0) is 18.3. The van der Waals surface area contributed by atoms with Gasteiger partial charge in [0.1, 0.15) is 23.1 Å². The van der Waals surface area contributed by atoms with Crippen LogP contribution < -0.4 is 20.8 Å². The van der Waals surface area contributed by atoms with Crippen LogP contribution in [0.4, 0.5) is 0 Å². The van der Waals surface area contributed by atoms with Crippen molar-refractivity contribution in [2.24, 2.45) is 5.73 Å². The van der Waals surface area contributed by atoms with Crippen molar-refractivity contribution in [3.63, 3.8) is 0 Å². The van der Waals surface area contributed by atoms with E-state index in [-0.39, 0.29) is 22.8 Å². The summed E-state index contributed by atoms with van der Waals surface area (Å²) in [4.78, 5) is 12.6. The molecule has 0 radical (unpaired) electrons. The van der Waals surface area contributed by atoms with Crippen LogP contribution >= 0.6 is 15.9 Å². The summed E-state index contributed by atoms with van der Waals surface area (Å²) in [6.45, 7) is 1.56. The summed E-state index contributed by atoms with van der Waals surface area (Å²) in [5, 5.41) is 19.5. The van der Waals surface area contributed by atoms with Crippen molar-refractivity contribution in [1.82, 2.24) is 4.73 Å². The maximum atomic E-state index is 12.6. The Morgan fingerprint density at radius 3 is 2.76 bits per heavy atom. The molecule has 3 N–H and O–H groups in total. The Hall–Kier alpha value is -2.92. The third-order valence-electron chi connectivity index (χ3n) is 4.05. The number of aromatic nitrogens is 1. The molecule has 0 aliphatic carbocycles. The fourth-order valence-corrected chi connectivity index (χ4v) is 3.39. The molecule has 2 heterocycles. The SMILES string of the molecule is COc1ccc([C@@H]2C(C#N)=C(N)Oc3cc(C)n(O)c(=O)c32)cc1Br. The molecule has 0 fully saturated rings. The predicted octanol–water partition coefficient (Wildman–Crippen LogP) is 2.38. The molecule has 0 unspecified atom stereocenters. The van der Waals surface area contributed by atoms with E-state index in [4.69, 9.17) is 15.2 Å². The number of hydrogen-bond donors (Lipinski definition) is 2. The van der Waals surface area contributed by atoms with E-state index >= 15 is 0 Å². The molecule has 0 bridgehead atoms. The first-order valence-corrected chi connectivity index (χ1v) is 8.05. The van der Waals surface area contributed by atoms with Crippen molar-refractivity contribution in [3.05, 3.63) is 67.4 Å². The van der Waals surface area contributed by atoms with Crippen LogP contribution in [-0.4, -0.2) is 17.0 Å². The van der Waals surface area contributed by atoms with Crippen LogP contribution in [0, 0.1) is 18.3 Å². The molecule has 1 aromatic heterocycles. The van der Waals surface area contributed by atoms with Gasteiger partial charge in [0, 0.05) is 6.07 Å². The molecule has 8 heteroatoms. The van der Waals surface area contributed by atoms with Crippen LogP contribution in [0.3, 0.4) is 0 Å². The Morgan fingerprint density at radius 1 is 1.44 bits per heavy atom. The van der Waals surface area contributed by atoms with Gasteiger partial charge in [0.25, 0.3) is 5.56 Å². The first-order chi connectivity index (χ1) is 11.9. The Kier molecular flexibility index (Phi) is 4.18. The number of aryl methyl sites for hydroxylation is 1. The first-order valence-electron chi connectivity index (χ1n) is 7.25. The number of halogens is 1. The molecule has 0 saturated heterocycles. The summed E-state index contributed by atoms with van der Waals surface area (Å²) in [5.41, 5.74) is 6.42. The standard InChI is InChI=1S/C17H14BrN3O4/c1-8-5-13-15(17(22)21(8)23)14(10(7-19)16(20)25-13)9-3-4-12(24-2)11(18)6-9/h3-6,14,23H,20H2,1-2H3/t14-/m1/s1. The number of fused-ring (bicyclic) bond motifs is 1. The van der Waals surface area contributed by atoms with Crippen LogP contribution in [0.15, 0.2) is 45.0 Å². The predicted molar refractivity (Wildman–Crippen MR) is 92.6 cm³/mol. The zero-order valence-corrected chi connectivity index (χ0v) is 15.0. The average Bonchev–Trinajstić information content (AvgIpc) is 2.58. The Labute approximate surface area is 151 Å². The molecule has 2 aromatic rings. The minimum absolute atomic E-state index is 0.0681. The van der Waals surface area contributed by atoms with Gasteiger partial charge < -0.3 is 20.4 Å². The lowest BCUT2D eigenvalue weighted by Crippen LogP contribution is -2.31. The van der Waals surface area contributed by atoms with Crippen LogP contribution in [0.2, 0.25) is 0 Å². The molecule has 0 saturated carbocycles. The van der Waals surface area contributed by atoms with E-state index in [1.54, 1.807) is 25.1 Å². The van der Waals surface area contributed by atoms with E-state index < -0.39 is 11.5 Å². The fourth-order valence-electron chi connectivity index (χ4n) is 2.83. The number of methoxy groups -OCH3 is 1. The lowest BCUT2D eigenvalue weighted by atomic mass is 9.84. The van der Waals surface area contributed by atoms with Gasteiger partial charge in [-0.3, -0.25) is 4.79 Å². The van der Waals surface area contributed by atoms with E-state index in [2.05, 4.69) is 15.9 Å². The lowest BCUT2D eigenvalue weighted by molar-refractivity contribution is 0.165. The molecular weight excluding hydrogens is 390 g/mol. The number of rotatable bonds is 2. The number of allylic oxidation sites excluding steroid dienone is 1. The summed E-state index contributed by atoms with van der Waals surface area (Å²) in [6.07, 6.45) is 0. The van der Waals surface area contributed by atoms with E-state index in [9.17, 15) is 15.3 Å². The van der Waals surface area contributed by atoms with E-state index in [1.165, 1.54) is 13.2 Å². The minimum Gasteiger partial charge on any atom is -0.496 e. The molecule has 3 rings (SSSR count). The third kappa shape index (κ3) is 2.62. The molecule has 0 amide bonds. The molecule has 1 aliphatic heterocycles. The molecular formula is C17H14BrN3O4. The summed E-state index contributed by atoms with van der Waals surface area (Å²) in [6, 6.07) is 8.69. The normalized spacial score (nSPS) is 16.0. The van der Waals surface area contributed by atoms with Crippen molar-refractivity contribution >= 4 is 15.9 Å². The highest BCUT2D eigenvalue weighted by atomic mass is 79.9. The van der Waals surface area contributed by atoms with Crippen molar-refractivity contribution in [2.75, 3.05) is 7.11 Å². The molecule has 0 spiro atoms. The third-order valence-corrected chi connectivity index (χ3v) is 4.67. The molecule has 25 heavy (non-hydrogen) atoms. The number of nitrogens with two attached hydrogens (primary N) is 1. The maximum absolute atomic E-state index is 12.6. The van der Waals surface area contributed by atoms with Crippen LogP contribution in [0.1, 0.15) is 22.7 Å². The van der Waals surface area contributed by atoms with E-state index in [1.807, 2.05) is 6.07 Å². The smallest absolute Gasteiger partial charge is 0.291 e. The largest absolute Gasteiger partial charge is 0.496 e. The number of ether oxygens (including phenoxy) is 2. The summed E-state index contributed by atoms with van der Waals surface area (Å²) < 4.78 is 11.9. The van der Waals surface area contributed by atoms with Gasteiger partial charge in [-0.2, -0.15) is 9.99 Å². The number of pyridine rings is 1. The average molecular weight is 404 g/mol.